The van der Waals surface area contributed by atoms with Gasteiger partial charge in [-0.1, -0.05) is 6.42 Å². The van der Waals surface area contributed by atoms with Gasteiger partial charge in [-0.25, -0.2) is 4.79 Å². The summed E-state index contributed by atoms with van der Waals surface area (Å²) in [6.07, 6.45) is 5.36. The maximum absolute atomic E-state index is 12.2. The smallest absolute Gasteiger partial charge is 0.319 e. The first-order valence-corrected chi connectivity index (χ1v) is 8.16. The zero-order valence-electron chi connectivity index (χ0n) is 12.8. The molecule has 2 saturated carbocycles. The van der Waals surface area contributed by atoms with E-state index < -0.39 is 0 Å². The largest absolute Gasteiger partial charge is 0.454 e. The van der Waals surface area contributed by atoms with Gasteiger partial charge in [-0.05, 0) is 56.1 Å². The predicted octanol–water partition coefficient (Wildman–Crippen LogP) is 3.36. The molecular formula is C17H22N2O3. The lowest BCUT2D eigenvalue weighted by molar-refractivity contribution is 0.174. The third kappa shape index (κ3) is 2.49. The van der Waals surface area contributed by atoms with Crippen molar-refractivity contribution in [3.05, 3.63) is 18.2 Å². The topological polar surface area (TPSA) is 59.6 Å². The number of hydrogen-bond donors (Lipinski definition) is 2. The van der Waals surface area contributed by atoms with Crippen LogP contribution in [-0.4, -0.2) is 18.9 Å². The van der Waals surface area contributed by atoms with Gasteiger partial charge < -0.3 is 20.1 Å². The number of carbonyl (C=O) groups is 1. The molecule has 2 amide bonds. The minimum Gasteiger partial charge on any atom is -0.454 e. The number of nitrogens with one attached hydrogen (secondary N) is 2. The van der Waals surface area contributed by atoms with Gasteiger partial charge in [0, 0.05) is 17.8 Å². The summed E-state index contributed by atoms with van der Waals surface area (Å²) in [4.78, 5) is 12.2. The summed E-state index contributed by atoms with van der Waals surface area (Å²) < 4.78 is 10.6. The van der Waals surface area contributed by atoms with E-state index in [1.807, 2.05) is 12.1 Å². The second-order valence-corrected chi connectivity index (χ2v) is 6.79. The Balaban J connectivity index is 1.34. The fraction of sp³-hybridized carbons (Fsp3) is 0.588. The number of anilines is 1. The van der Waals surface area contributed by atoms with Crippen molar-refractivity contribution in [3.8, 4) is 11.5 Å². The van der Waals surface area contributed by atoms with Crippen LogP contribution in [0.25, 0.3) is 0 Å². The van der Waals surface area contributed by atoms with Gasteiger partial charge in [-0.2, -0.15) is 0 Å². The third-order valence-corrected chi connectivity index (χ3v) is 5.42. The molecule has 118 valence electrons. The van der Waals surface area contributed by atoms with E-state index in [4.69, 9.17) is 9.47 Å². The van der Waals surface area contributed by atoms with Crippen molar-refractivity contribution in [1.29, 1.82) is 0 Å². The minimum absolute atomic E-state index is 0.144. The molecular weight excluding hydrogens is 280 g/mol. The molecule has 22 heavy (non-hydrogen) atoms. The van der Waals surface area contributed by atoms with E-state index >= 15 is 0 Å². The Labute approximate surface area is 130 Å². The first kappa shape index (κ1) is 13.7. The van der Waals surface area contributed by atoms with Gasteiger partial charge >= 0.3 is 6.03 Å². The van der Waals surface area contributed by atoms with Crippen LogP contribution in [0.3, 0.4) is 0 Å². The molecule has 0 spiro atoms. The van der Waals surface area contributed by atoms with Crippen molar-refractivity contribution in [2.75, 3.05) is 12.1 Å². The Bertz CT molecular complexity index is 589. The fourth-order valence-corrected chi connectivity index (χ4v) is 4.36. The van der Waals surface area contributed by atoms with Gasteiger partial charge in [0.1, 0.15) is 0 Å². The molecule has 5 nitrogen and oxygen atoms in total. The number of amides is 2. The average Bonchev–Trinajstić information content (AvgIpc) is 3.22. The third-order valence-electron chi connectivity index (χ3n) is 5.42. The van der Waals surface area contributed by atoms with E-state index in [2.05, 4.69) is 17.6 Å². The molecule has 2 fully saturated rings. The van der Waals surface area contributed by atoms with Gasteiger partial charge in [0.15, 0.2) is 11.5 Å². The SMILES string of the molecule is C[C@H](NC(=O)Nc1ccc2c(c1)OCO2)[C@@H]1C[C@H]2CC[C@H]1C2. The van der Waals surface area contributed by atoms with E-state index in [0.29, 0.717) is 11.7 Å². The Morgan fingerprint density at radius 2 is 2.09 bits per heavy atom. The molecule has 0 aromatic heterocycles. The molecule has 5 heteroatoms. The molecule has 2 bridgehead atoms. The fourth-order valence-electron chi connectivity index (χ4n) is 4.36. The van der Waals surface area contributed by atoms with E-state index in [1.165, 1.54) is 25.7 Å². The Hall–Kier alpha value is -1.91. The summed E-state index contributed by atoms with van der Waals surface area (Å²) in [5.74, 6) is 3.75. The van der Waals surface area contributed by atoms with Gasteiger partial charge in [-0.15, -0.1) is 0 Å². The Morgan fingerprint density at radius 1 is 1.23 bits per heavy atom. The van der Waals surface area contributed by atoms with E-state index in [9.17, 15) is 4.79 Å². The number of urea groups is 1. The molecule has 0 saturated heterocycles. The first-order chi connectivity index (χ1) is 10.7. The predicted molar refractivity (Wildman–Crippen MR) is 83.1 cm³/mol. The molecule has 1 heterocycles. The van der Waals surface area contributed by atoms with E-state index in [1.54, 1.807) is 6.07 Å². The van der Waals surface area contributed by atoms with Crippen LogP contribution in [0.4, 0.5) is 10.5 Å². The van der Waals surface area contributed by atoms with Gasteiger partial charge in [0.25, 0.3) is 0 Å². The standard InChI is InChI=1S/C17H22N2O3/c1-10(14-7-11-2-3-12(14)6-11)18-17(20)19-13-4-5-15-16(8-13)22-9-21-15/h4-5,8,10-12,14H,2-3,6-7,9H2,1H3,(H2,18,19,20)/t10-,11-,12-,14-/m0/s1. The summed E-state index contributed by atoms with van der Waals surface area (Å²) in [6.45, 7) is 2.37. The van der Waals surface area contributed by atoms with Crippen LogP contribution in [0.2, 0.25) is 0 Å². The van der Waals surface area contributed by atoms with Crippen LogP contribution >= 0.6 is 0 Å². The van der Waals surface area contributed by atoms with Crippen LogP contribution in [0, 0.1) is 17.8 Å². The summed E-state index contributed by atoms with van der Waals surface area (Å²) in [5.41, 5.74) is 0.724. The molecule has 0 radical (unpaired) electrons. The maximum Gasteiger partial charge on any atom is 0.319 e. The average molecular weight is 302 g/mol. The molecule has 1 aromatic carbocycles. The number of ether oxygens (including phenoxy) is 2. The lowest BCUT2D eigenvalue weighted by Crippen LogP contribution is -2.42. The lowest BCUT2D eigenvalue weighted by Gasteiger charge is -2.28. The van der Waals surface area contributed by atoms with Crippen LogP contribution in [0.5, 0.6) is 11.5 Å². The van der Waals surface area contributed by atoms with E-state index in [0.717, 1.165) is 23.3 Å². The number of benzene rings is 1. The summed E-state index contributed by atoms with van der Waals surface area (Å²) in [5, 5.41) is 5.99. The molecule has 3 aliphatic rings. The highest BCUT2D eigenvalue weighted by Crippen LogP contribution is 2.49. The quantitative estimate of drug-likeness (QED) is 0.900. The Kier molecular flexibility index (Phi) is 3.36. The maximum atomic E-state index is 12.2. The molecule has 4 atom stereocenters. The Morgan fingerprint density at radius 3 is 2.86 bits per heavy atom. The zero-order chi connectivity index (χ0) is 15.1. The summed E-state index contributed by atoms with van der Waals surface area (Å²) >= 11 is 0. The minimum atomic E-state index is -0.144. The summed E-state index contributed by atoms with van der Waals surface area (Å²) in [7, 11) is 0. The number of carbonyl (C=O) groups excluding carboxylic acids is 1. The van der Waals surface area contributed by atoms with Crippen molar-refractivity contribution >= 4 is 11.7 Å². The number of fused-ring (bicyclic) bond motifs is 3. The van der Waals surface area contributed by atoms with Gasteiger partial charge in [-0.3, -0.25) is 0 Å². The second kappa shape index (κ2) is 5.38. The molecule has 1 aliphatic heterocycles. The first-order valence-electron chi connectivity index (χ1n) is 8.16. The molecule has 0 unspecified atom stereocenters. The van der Waals surface area contributed by atoms with Crippen LogP contribution in [0.15, 0.2) is 18.2 Å². The zero-order valence-corrected chi connectivity index (χ0v) is 12.8. The van der Waals surface area contributed by atoms with Crippen molar-refractivity contribution < 1.29 is 14.3 Å². The van der Waals surface area contributed by atoms with Crippen LogP contribution in [0.1, 0.15) is 32.6 Å². The van der Waals surface area contributed by atoms with Gasteiger partial charge in [0.05, 0.1) is 0 Å². The van der Waals surface area contributed by atoms with Crippen LogP contribution < -0.4 is 20.1 Å². The molecule has 2 N–H and O–H groups in total. The monoisotopic (exact) mass is 302 g/mol. The normalized spacial score (nSPS) is 29.4. The van der Waals surface area contributed by atoms with Crippen molar-refractivity contribution in [2.45, 2.75) is 38.6 Å². The van der Waals surface area contributed by atoms with Gasteiger partial charge in [0.2, 0.25) is 6.79 Å². The van der Waals surface area contributed by atoms with Crippen LogP contribution in [-0.2, 0) is 0 Å². The molecule has 4 rings (SSSR count). The highest BCUT2D eigenvalue weighted by Gasteiger charge is 2.42. The molecule has 2 aliphatic carbocycles. The highest BCUT2D eigenvalue weighted by atomic mass is 16.7. The van der Waals surface area contributed by atoms with Crippen molar-refractivity contribution in [2.24, 2.45) is 17.8 Å². The number of hydrogen-bond acceptors (Lipinski definition) is 3. The number of rotatable bonds is 3. The molecule has 1 aromatic rings. The highest BCUT2D eigenvalue weighted by molar-refractivity contribution is 5.89. The van der Waals surface area contributed by atoms with Crippen molar-refractivity contribution in [1.82, 2.24) is 5.32 Å². The second-order valence-electron chi connectivity index (χ2n) is 6.79. The lowest BCUT2D eigenvalue weighted by atomic mass is 9.84. The van der Waals surface area contributed by atoms with Crippen molar-refractivity contribution in [3.63, 3.8) is 0 Å². The summed E-state index contributed by atoms with van der Waals surface area (Å²) in [6, 6.07) is 5.52. The van der Waals surface area contributed by atoms with E-state index in [-0.39, 0.29) is 18.9 Å².